The Morgan fingerprint density at radius 3 is 2.50 bits per heavy atom. The largest absolute Gasteiger partial charge is 0.466 e. The summed E-state index contributed by atoms with van der Waals surface area (Å²) in [6, 6.07) is 6.41. The summed E-state index contributed by atoms with van der Waals surface area (Å²) in [5, 5.41) is 3.23. The fraction of sp³-hybridized carbons (Fsp3) is 0.500. The van der Waals surface area contributed by atoms with Gasteiger partial charge in [-0.1, -0.05) is 19.1 Å². The summed E-state index contributed by atoms with van der Waals surface area (Å²) in [5.41, 5.74) is 0.993. The molecule has 1 N–H and O–H groups in total. The van der Waals surface area contributed by atoms with Gasteiger partial charge >= 0.3 is 5.97 Å². The molecule has 0 saturated heterocycles. The highest BCUT2D eigenvalue weighted by Crippen LogP contribution is 2.13. The minimum Gasteiger partial charge on any atom is -0.466 e. The second-order valence-electron chi connectivity index (χ2n) is 4.33. The van der Waals surface area contributed by atoms with Crippen LogP contribution in [0.1, 0.15) is 32.4 Å². The Labute approximate surface area is 107 Å². The maximum absolute atomic E-state index is 12.8. The van der Waals surface area contributed by atoms with Gasteiger partial charge in [0.2, 0.25) is 0 Å². The maximum Gasteiger partial charge on any atom is 0.309 e. The van der Waals surface area contributed by atoms with Gasteiger partial charge in [-0.2, -0.15) is 0 Å². The Balaban J connectivity index is 2.43. The van der Waals surface area contributed by atoms with Crippen LogP contribution in [0, 0.1) is 11.7 Å². The monoisotopic (exact) mass is 253 g/mol. The van der Waals surface area contributed by atoms with E-state index in [2.05, 4.69) is 5.32 Å². The number of halogens is 1. The molecule has 3 nitrogen and oxygen atoms in total. The number of carbonyl (C=O) groups is 1. The van der Waals surface area contributed by atoms with Gasteiger partial charge in [0.25, 0.3) is 0 Å². The highest BCUT2D eigenvalue weighted by molar-refractivity contribution is 5.72. The van der Waals surface area contributed by atoms with Gasteiger partial charge < -0.3 is 10.1 Å². The molecule has 1 rings (SSSR count). The van der Waals surface area contributed by atoms with Crippen molar-refractivity contribution in [1.29, 1.82) is 0 Å². The minimum atomic E-state index is -0.245. The zero-order chi connectivity index (χ0) is 13.5. The standard InChI is InChI=1S/C14H20FNO2/c1-4-18-14(17)10(2)9-16-11(3)12-5-7-13(15)8-6-12/h5-8,10-11,16H,4,9H2,1-3H3. The summed E-state index contributed by atoms with van der Waals surface area (Å²) < 4.78 is 17.7. The molecule has 0 spiro atoms. The molecule has 0 aliphatic carbocycles. The lowest BCUT2D eigenvalue weighted by atomic mass is 10.1. The number of rotatable bonds is 6. The van der Waals surface area contributed by atoms with E-state index in [-0.39, 0.29) is 23.7 Å². The highest BCUT2D eigenvalue weighted by atomic mass is 19.1. The first-order valence-corrected chi connectivity index (χ1v) is 6.20. The number of benzene rings is 1. The summed E-state index contributed by atoms with van der Waals surface area (Å²) in [6.45, 7) is 6.53. The Bertz CT molecular complexity index is 378. The Hall–Kier alpha value is -1.42. The summed E-state index contributed by atoms with van der Waals surface area (Å²) in [4.78, 5) is 11.4. The van der Waals surface area contributed by atoms with Crippen molar-refractivity contribution in [2.45, 2.75) is 26.8 Å². The molecule has 1 aromatic rings. The average Bonchev–Trinajstić information content (AvgIpc) is 2.36. The first kappa shape index (κ1) is 14.6. The smallest absolute Gasteiger partial charge is 0.309 e. The molecule has 0 radical (unpaired) electrons. The van der Waals surface area contributed by atoms with Gasteiger partial charge in [0.05, 0.1) is 12.5 Å². The van der Waals surface area contributed by atoms with Crippen molar-refractivity contribution in [1.82, 2.24) is 5.32 Å². The minimum absolute atomic E-state index is 0.0717. The SMILES string of the molecule is CCOC(=O)C(C)CNC(C)c1ccc(F)cc1. The van der Waals surface area contributed by atoms with Gasteiger partial charge in [-0.15, -0.1) is 0 Å². The van der Waals surface area contributed by atoms with Crippen molar-refractivity contribution in [2.24, 2.45) is 5.92 Å². The molecule has 0 bridgehead atoms. The van der Waals surface area contributed by atoms with Crippen molar-refractivity contribution >= 4 is 5.97 Å². The van der Waals surface area contributed by atoms with Crippen LogP contribution in [0.4, 0.5) is 4.39 Å². The van der Waals surface area contributed by atoms with Crippen LogP contribution < -0.4 is 5.32 Å². The van der Waals surface area contributed by atoms with Gasteiger partial charge in [-0.3, -0.25) is 4.79 Å². The number of esters is 1. The van der Waals surface area contributed by atoms with Gasteiger partial charge in [0, 0.05) is 12.6 Å². The van der Waals surface area contributed by atoms with E-state index in [0.29, 0.717) is 13.2 Å². The third-order valence-electron chi connectivity index (χ3n) is 2.79. The predicted molar refractivity (Wildman–Crippen MR) is 68.6 cm³/mol. The van der Waals surface area contributed by atoms with Crippen molar-refractivity contribution in [3.8, 4) is 0 Å². The summed E-state index contributed by atoms with van der Waals surface area (Å²) in [5.74, 6) is -0.630. The number of hydrogen-bond donors (Lipinski definition) is 1. The fourth-order valence-corrected chi connectivity index (χ4v) is 1.59. The van der Waals surface area contributed by atoms with Crippen LogP contribution in [-0.2, 0) is 9.53 Å². The van der Waals surface area contributed by atoms with E-state index in [1.807, 2.05) is 13.8 Å². The molecule has 0 saturated carbocycles. The summed E-state index contributed by atoms with van der Waals surface area (Å²) in [6.07, 6.45) is 0. The van der Waals surface area contributed by atoms with Crippen LogP contribution in [0.2, 0.25) is 0 Å². The van der Waals surface area contributed by atoms with E-state index in [0.717, 1.165) is 5.56 Å². The second-order valence-corrected chi connectivity index (χ2v) is 4.33. The van der Waals surface area contributed by atoms with Crippen molar-refractivity contribution in [3.05, 3.63) is 35.6 Å². The molecule has 0 aliphatic rings. The van der Waals surface area contributed by atoms with Crippen LogP contribution in [0.3, 0.4) is 0 Å². The third kappa shape index (κ3) is 4.45. The van der Waals surface area contributed by atoms with Gasteiger partial charge in [0.1, 0.15) is 5.82 Å². The fourth-order valence-electron chi connectivity index (χ4n) is 1.59. The van der Waals surface area contributed by atoms with E-state index < -0.39 is 0 Å². The molecule has 4 heteroatoms. The second kappa shape index (κ2) is 7.11. The molecule has 1 aromatic carbocycles. The van der Waals surface area contributed by atoms with Crippen LogP contribution in [0.5, 0.6) is 0 Å². The lowest BCUT2D eigenvalue weighted by Gasteiger charge is -2.17. The molecule has 2 unspecified atom stereocenters. The zero-order valence-corrected chi connectivity index (χ0v) is 11.1. The molecule has 0 aliphatic heterocycles. The molecule has 18 heavy (non-hydrogen) atoms. The number of carbonyl (C=O) groups excluding carboxylic acids is 1. The average molecular weight is 253 g/mol. The van der Waals surface area contributed by atoms with Crippen LogP contribution >= 0.6 is 0 Å². The summed E-state index contributed by atoms with van der Waals surface area (Å²) in [7, 11) is 0. The van der Waals surface area contributed by atoms with Crippen LogP contribution in [0.25, 0.3) is 0 Å². The molecule has 100 valence electrons. The molecule has 0 amide bonds. The third-order valence-corrected chi connectivity index (χ3v) is 2.79. The van der Waals surface area contributed by atoms with Gasteiger partial charge in [0.15, 0.2) is 0 Å². The molecule has 2 atom stereocenters. The molecular weight excluding hydrogens is 233 g/mol. The van der Waals surface area contributed by atoms with Gasteiger partial charge in [-0.25, -0.2) is 4.39 Å². The number of nitrogens with one attached hydrogen (secondary N) is 1. The molecule has 0 heterocycles. The quantitative estimate of drug-likeness (QED) is 0.792. The lowest BCUT2D eigenvalue weighted by Crippen LogP contribution is -2.29. The Morgan fingerprint density at radius 2 is 1.94 bits per heavy atom. The normalized spacial score (nSPS) is 14.0. The predicted octanol–water partition coefficient (Wildman–Crippen LogP) is 2.68. The van der Waals surface area contributed by atoms with Crippen LogP contribution in [-0.4, -0.2) is 19.1 Å². The first-order chi connectivity index (χ1) is 8.54. The first-order valence-electron chi connectivity index (χ1n) is 6.20. The molecular formula is C14H20FNO2. The Morgan fingerprint density at radius 1 is 1.33 bits per heavy atom. The number of ether oxygens (including phenoxy) is 1. The van der Waals surface area contributed by atoms with Gasteiger partial charge in [-0.05, 0) is 31.5 Å². The molecule has 0 aromatic heterocycles. The van der Waals surface area contributed by atoms with Crippen molar-refractivity contribution in [2.75, 3.05) is 13.2 Å². The van der Waals surface area contributed by atoms with Crippen molar-refractivity contribution in [3.63, 3.8) is 0 Å². The van der Waals surface area contributed by atoms with Crippen molar-refractivity contribution < 1.29 is 13.9 Å². The highest BCUT2D eigenvalue weighted by Gasteiger charge is 2.15. The topological polar surface area (TPSA) is 38.3 Å². The summed E-state index contributed by atoms with van der Waals surface area (Å²) >= 11 is 0. The van der Waals surface area contributed by atoms with E-state index in [1.54, 1.807) is 19.1 Å². The van der Waals surface area contributed by atoms with E-state index >= 15 is 0 Å². The van der Waals surface area contributed by atoms with E-state index in [1.165, 1.54) is 12.1 Å². The maximum atomic E-state index is 12.8. The van der Waals surface area contributed by atoms with E-state index in [9.17, 15) is 9.18 Å². The zero-order valence-electron chi connectivity index (χ0n) is 11.1. The molecule has 0 fully saturated rings. The number of hydrogen-bond acceptors (Lipinski definition) is 3. The Kier molecular flexibility index (Phi) is 5.78. The lowest BCUT2D eigenvalue weighted by molar-refractivity contribution is -0.147. The van der Waals surface area contributed by atoms with Crippen LogP contribution in [0.15, 0.2) is 24.3 Å². The van der Waals surface area contributed by atoms with E-state index in [4.69, 9.17) is 4.74 Å².